The quantitative estimate of drug-likeness (QED) is 0.194. The monoisotopic (exact) mass is 539 g/mol. The van der Waals surface area contributed by atoms with Crippen LogP contribution in [0.15, 0.2) is 76.5 Å². The molecule has 1 amide bonds. The molecule has 1 heterocycles. The number of esters is 2. The number of nitro groups is 1. The van der Waals surface area contributed by atoms with Crippen LogP contribution < -0.4 is 5.32 Å². The number of allylic oxidation sites excluding steroid dienone is 1. The van der Waals surface area contributed by atoms with Gasteiger partial charge in [-0.05, 0) is 25.0 Å². The van der Waals surface area contributed by atoms with Crippen molar-refractivity contribution in [1.29, 1.82) is 0 Å². The molecule has 1 aliphatic heterocycles. The van der Waals surface area contributed by atoms with Gasteiger partial charge in [-0.25, -0.2) is 9.59 Å². The second-order valence-electron chi connectivity index (χ2n) is 8.33. The Morgan fingerprint density at radius 1 is 1.16 bits per heavy atom. The highest BCUT2D eigenvalue weighted by Crippen LogP contribution is 2.46. The lowest BCUT2D eigenvalue weighted by atomic mass is 9.81. The number of methoxy groups -OCH3 is 1. The SMILES string of the molecule is CCOC(=O)C1=C(SCC(NC=O)c2ccccc2)N(C)C(C)=C(C(=O)OC)C1c1cccc([N+](=O)[O-])c1. The first kappa shape index (κ1) is 28.5. The number of hydrogen-bond acceptors (Lipinski definition) is 9. The molecule has 0 bridgehead atoms. The Morgan fingerprint density at radius 2 is 1.87 bits per heavy atom. The fraction of sp³-hybridized carbons (Fsp3) is 0.296. The number of rotatable bonds is 11. The van der Waals surface area contributed by atoms with Crippen LogP contribution in [0.2, 0.25) is 0 Å². The van der Waals surface area contributed by atoms with Gasteiger partial charge in [-0.15, -0.1) is 11.8 Å². The molecule has 2 aromatic rings. The molecule has 0 aromatic heterocycles. The molecule has 0 saturated carbocycles. The topological polar surface area (TPSA) is 128 Å². The minimum atomic E-state index is -0.977. The summed E-state index contributed by atoms with van der Waals surface area (Å²) in [5, 5.41) is 14.8. The molecule has 0 spiro atoms. The summed E-state index contributed by atoms with van der Waals surface area (Å²) in [6.07, 6.45) is 0.621. The van der Waals surface area contributed by atoms with E-state index in [0.717, 1.165) is 5.56 Å². The first-order valence-electron chi connectivity index (χ1n) is 11.8. The number of nitrogens with one attached hydrogen (secondary N) is 1. The van der Waals surface area contributed by atoms with Crippen molar-refractivity contribution in [2.24, 2.45) is 0 Å². The van der Waals surface area contributed by atoms with E-state index in [1.54, 1.807) is 31.9 Å². The van der Waals surface area contributed by atoms with Crippen LogP contribution in [-0.4, -0.2) is 54.7 Å². The van der Waals surface area contributed by atoms with Gasteiger partial charge in [0.2, 0.25) is 6.41 Å². The van der Waals surface area contributed by atoms with E-state index in [9.17, 15) is 24.5 Å². The molecule has 2 unspecified atom stereocenters. The molecular weight excluding hydrogens is 510 g/mol. The highest BCUT2D eigenvalue weighted by Gasteiger charge is 2.41. The summed E-state index contributed by atoms with van der Waals surface area (Å²) in [6, 6.07) is 14.8. The van der Waals surface area contributed by atoms with Gasteiger partial charge in [0, 0.05) is 30.6 Å². The molecule has 38 heavy (non-hydrogen) atoms. The summed E-state index contributed by atoms with van der Waals surface area (Å²) < 4.78 is 10.5. The van der Waals surface area contributed by atoms with Crippen molar-refractivity contribution in [1.82, 2.24) is 10.2 Å². The number of benzene rings is 2. The maximum absolute atomic E-state index is 13.5. The predicted molar refractivity (Wildman–Crippen MR) is 143 cm³/mol. The van der Waals surface area contributed by atoms with E-state index in [-0.39, 0.29) is 29.5 Å². The molecule has 3 rings (SSSR count). The lowest BCUT2D eigenvalue weighted by molar-refractivity contribution is -0.384. The first-order chi connectivity index (χ1) is 18.2. The number of hydrogen-bond donors (Lipinski definition) is 1. The summed E-state index contributed by atoms with van der Waals surface area (Å²) >= 11 is 1.31. The number of nitro benzene ring substituents is 1. The Labute approximate surface area is 224 Å². The molecule has 0 saturated heterocycles. The second kappa shape index (κ2) is 12.9. The van der Waals surface area contributed by atoms with Crippen LogP contribution in [0, 0.1) is 10.1 Å². The third kappa shape index (κ3) is 6.05. The zero-order valence-electron chi connectivity index (χ0n) is 21.5. The van der Waals surface area contributed by atoms with Crippen molar-refractivity contribution in [3.63, 3.8) is 0 Å². The molecule has 10 nitrogen and oxygen atoms in total. The molecular formula is C27H29N3O7S. The van der Waals surface area contributed by atoms with E-state index in [0.29, 0.717) is 28.5 Å². The van der Waals surface area contributed by atoms with Crippen LogP contribution in [0.3, 0.4) is 0 Å². The Hall–Kier alpha value is -4.12. The van der Waals surface area contributed by atoms with E-state index in [1.165, 1.54) is 37.1 Å². The van der Waals surface area contributed by atoms with Crippen LogP contribution in [-0.2, 0) is 23.9 Å². The van der Waals surface area contributed by atoms with Crippen LogP contribution >= 0.6 is 11.8 Å². The van der Waals surface area contributed by atoms with Crippen LogP contribution in [0.25, 0.3) is 0 Å². The van der Waals surface area contributed by atoms with Gasteiger partial charge in [-0.1, -0.05) is 42.5 Å². The summed E-state index contributed by atoms with van der Waals surface area (Å²) in [6.45, 7) is 3.47. The largest absolute Gasteiger partial charge is 0.466 e. The Bertz CT molecular complexity index is 1280. The zero-order valence-corrected chi connectivity index (χ0v) is 22.3. The van der Waals surface area contributed by atoms with E-state index in [2.05, 4.69) is 5.32 Å². The van der Waals surface area contributed by atoms with Crippen LogP contribution in [0.4, 0.5) is 5.69 Å². The predicted octanol–water partition coefficient (Wildman–Crippen LogP) is 4.07. The summed E-state index contributed by atoms with van der Waals surface area (Å²) in [7, 11) is 2.95. The smallest absolute Gasteiger partial charge is 0.337 e. The highest BCUT2D eigenvalue weighted by atomic mass is 32.2. The van der Waals surface area contributed by atoms with Crippen molar-refractivity contribution >= 4 is 35.8 Å². The molecule has 1 N–H and O–H groups in total. The van der Waals surface area contributed by atoms with Crippen LogP contribution in [0.5, 0.6) is 0 Å². The minimum absolute atomic E-state index is 0.0846. The average Bonchev–Trinajstić information content (AvgIpc) is 2.92. The lowest BCUT2D eigenvalue weighted by Gasteiger charge is -2.36. The molecule has 0 aliphatic carbocycles. The fourth-order valence-corrected chi connectivity index (χ4v) is 5.58. The van der Waals surface area contributed by atoms with Gasteiger partial charge in [-0.3, -0.25) is 14.9 Å². The number of carbonyl (C=O) groups is 3. The lowest BCUT2D eigenvalue weighted by Crippen LogP contribution is -2.34. The van der Waals surface area contributed by atoms with E-state index in [4.69, 9.17) is 9.47 Å². The van der Waals surface area contributed by atoms with Crippen molar-refractivity contribution < 1.29 is 28.8 Å². The summed E-state index contributed by atoms with van der Waals surface area (Å²) in [4.78, 5) is 50.5. The molecule has 0 fully saturated rings. The Morgan fingerprint density at radius 3 is 2.47 bits per heavy atom. The first-order valence-corrected chi connectivity index (χ1v) is 12.8. The molecule has 1 aliphatic rings. The van der Waals surface area contributed by atoms with Crippen molar-refractivity contribution in [2.45, 2.75) is 25.8 Å². The number of amides is 1. The third-order valence-electron chi connectivity index (χ3n) is 6.18. The van der Waals surface area contributed by atoms with Gasteiger partial charge in [0.15, 0.2) is 0 Å². The van der Waals surface area contributed by atoms with Gasteiger partial charge in [-0.2, -0.15) is 0 Å². The highest BCUT2D eigenvalue weighted by molar-refractivity contribution is 8.03. The average molecular weight is 540 g/mol. The zero-order chi connectivity index (χ0) is 27.8. The number of thioether (sulfide) groups is 1. The van der Waals surface area contributed by atoms with Crippen molar-refractivity contribution in [3.8, 4) is 0 Å². The standard InChI is InChI=1S/C27H29N3O7S/c1-5-37-27(33)24-23(19-12-9-13-20(14-19)30(34)35)22(26(32)36-4)17(2)29(3)25(24)38-15-21(28-16-31)18-10-7-6-8-11-18/h6-14,16,21,23H,5,15H2,1-4H3,(H,28,31). The van der Waals surface area contributed by atoms with Gasteiger partial charge < -0.3 is 19.7 Å². The summed E-state index contributed by atoms with van der Waals surface area (Å²) in [5.41, 5.74) is 1.92. The second-order valence-corrected chi connectivity index (χ2v) is 9.34. The third-order valence-corrected chi connectivity index (χ3v) is 7.45. The number of ether oxygens (including phenoxy) is 2. The maximum Gasteiger partial charge on any atom is 0.337 e. The molecule has 0 radical (unpaired) electrons. The normalized spacial score (nSPS) is 16.1. The van der Waals surface area contributed by atoms with E-state index in [1.807, 2.05) is 30.3 Å². The number of non-ortho nitro benzene ring substituents is 1. The van der Waals surface area contributed by atoms with E-state index >= 15 is 0 Å². The Balaban J connectivity index is 2.20. The molecule has 200 valence electrons. The Kier molecular flexibility index (Phi) is 9.66. The van der Waals surface area contributed by atoms with Gasteiger partial charge in [0.1, 0.15) is 0 Å². The fourth-order valence-electron chi connectivity index (χ4n) is 4.28. The van der Waals surface area contributed by atoms with Crippen LogP contribution in [0.1, 0.15) is 36.9 Å². The van der Waals surface area contributed by atoms with Gasteiger partial charge in [0.25, 0.3) is 5.69 Å². The maximum atomic E-state index is 13.5. The molecule has 11 heteroatoms. The van der Waals surface area contributed by atoms with Crippen molar-refractivity contribution in [2.75, 3.05) is 26.5 Å². The summed E-state index contributed by atoms with van der Waals surface area (Å²) in [5.74, 6) is -1.95. The number of carbonyl (C=O) groups excluding carboxylic acids is 3. The number of nitrogens with zero attached hydrogens (tertiary/aromatic N) is 2. The van der Waals surface area contributed by atoms with E-state index < -0.39 is 22.8 Å². The molecule has 2 atom stereocenters. The van der Waals surface area contributed by atoms with Gasteiger partial charge >= 0.3 is 11.9 Å². The van der Waals surface area contributed by atoms with Gasteiger partial charge in [0.05, 0.1) is 46.8 Å². The van der Waals surface area contributed by atoms with Crippen molar-refractivity contribution in [3.05, 3.63) is 97.7 Å². The minimum Gasteiger partial charge on any atom is -0.466 e. The molecule has 2 aromatic carbocycles.